The smallest absolute Gasteiger partial charge is 0.412 e. The van der Waals surface area contributed by atoms with Crippen LogP contribution >= 0.6 is 34.8 Å². The molecule has 2 rings (SSSR count). The Labute approximate surface area is 154 Å². The number of carbonyl (C=O) groups is 1. The van der Waals surface area contributed by atoms with Crippen LogP contribution in [0.2, 0.25) is 15.1 Å². The number of benzene rings is 2. The molecule has 0 aliphatic carbocycles. The van der Waals surface area contributed by atoms with Gasteiger partial charge < -0.3 is 14.2 Å². The molecule has 0 aliphatic heterocycles. The summed E-state index contributed by atoms with van der Waals surface area (Å²) in [4.78, 5) is 11.9. The number of para-hydroxylation sites is 1. The van der Waals surface area contributed by atoms with Crippen molar-refractivity contribution in [3.8, 4) is 11.5 Å². The van der Waals surface area contributed by atoms with Crippen molar-refractivity contribution in [3.05, 3.63) is 51.0 Å². The van der Waals surface area contributed by atoms with Crippen LogP contribution in [-0.2, 0) is 11.3 Å². The maximum atomic E-state index is 11.9. The summed E-state index contributed by atoms with van der Waals surface area (Å²) in [6.07, 6.45) is -0.694. The summed E-state index contributed by atoms with van der Waals surface area (Å²) in [5.74, 6) is 1.05. The number of amides is 1. The number of nitrogens with one attached hydrogen (secondary N) is 1. The molecule has 1 amide bonds. The molecule has 8 heteroatoms. The molecule has 24 heavy (non-hydrogen) atoms. The number of halogens is 3. The zero-order chi connectivity index (χ0) is 17.7. The first-order valence-corrected chi connectivity index (χ1v) is 7.87. The molecule has 0 spiro atoms. The first-order chi connectivity index (χ1) is 11.5. The largest absolute Gasteiger partial charge is 0.493 e. The third-order valence-electron chi connectivity index (χ3n) is 3.09. The van der Waals surface area contributed by atoms with Crippen molar-refractivity contribution in [3.63, 3.8) is 0 Å². The topological polar surface area (TPSA) is 56.8 Å². The molecule has 0 unspecified atom stereocenters. The van der Waals surface area contributed by atoms with E-state index in [2.05, 4.69) is 5.32 Å². The Morgan fingerprint density at radius 2 is 1.75 bits per heavy atom. The normalized spacial score (nSPS) is 10.2. The Morgan fingerprint density at radius 1 is 1.04 bits per heavy atom. The van der Waals surface area contributed by atoms with Crippen molar-refractivity contribution in [1.82, 2.24) is 0 Å². The highest BCUT2D eigenvalue weighted by atomic mass is 35.5. The van der Waals surface area contributed by atoms with Crippen LogP contribution < -0.4 is 14.8 Å². The Hall–Kier alpha value is -1.82. The van der Waals surface area contributed by atoms with E-state index in [1.807, 2.05) is 0 Å². The van der Waals surface area contributed by atoms with Crippen LogP contribution in [0, 0.1) is 0 Å². The highest BCUT2D eigenvalue weighted by Crippen LogP contribution is 2.33. The van der Waals surface area contributed by atoms with Crippen molar-refractivity contribution in [1.29, 1.82) is 0 Å². The van der Waals surface area contributed by atoms with Crippen molar-refractivity contribution >= 4 is 46.6 Å². The van der Waals surface area contributed by atoms with Crippen LogP contribution in [0.25, 0.3) is 0 Å². The molecular weight excluding hydrogens is 377 g/mol. The molecule has 2 aromatic rings. The van der Waals surface area contributed by atoms with Gasteiger partial charge in [-0.2, -0.15) is 0 Å². The van der Waals surface area contributed by atoms with Crippen LogP contribution in [0.5, 0.6) is 11.5 Å². The fourth-order valence-electron chi connectivity index (χ4n) is 1.98. The lowest BCUT2D eigenvalue weighted by molar-refractivity contribution is 0.153. The van der Waals surface area contributed by atoms with Gasteiger partial charge in [0.25, 0.3) is 0 Å². The molecule has 0 bridgehead atoms. The lowest BCUT2D eigenvalue weighted by atomic mass is 10.2. The van der Waals surface area contributed by atoms with Crippen molar-refractivity contribution in [2.24, 2.45) is 0 Å². The molecule has 2 aromatic carbocycles. The third-order valence-corrected chi connectivity index (χ3v) is 4.12. The van der Waals surface area contributed by atoms with Crippen LogP contribution in [0.15, 0.2) is 30.3 Å². The number of anilines is 1. The van der Waals surface area contributed by atoms with E-state index < -0.39 is 6.09 Å². The number of hydrogen-bond acceptors (Lipinski definition) is 4. The van der Waals surface area contributed by atoms with E-state index in [-0.39, 0.29) is 16.7 Å². The molecule has 128 valence electrons. The summed E-state index contributed by atoms with van der Waals surface area (Å²) < 4.78 is 15.6. The predicted molar refractivity (Wildman–Crippen MR) is 94.8 cm³/mol. The zero-order valence-corrected chi connectivity index (χ0v) is 15.1. The van der Waals surface area contributed by atoms with Gasteiger partial charge in [0.1, 0.15) is 6.61 Å². The van der Waals surface area contributed by atoms with E-state index in [4.69, 9.17) is 49.0 Å². The van der Waals surface area contributed by atoms with Gasteiger partial charge in [-0.15, -0.1) is 0 Å². The lowest BCUT2D eigenvalue weighted by Gasteiger charge is -2.13. The molecule has 0 radical (unpaired) electrons. The number of carbonyl (C=O) groups excluding carboxylic acids is 1. The molecule has 0 aliphatic rings. The van der Waals surface area contributed by atoms with E-state index in [1.165, 1.54) is 26.4 Å². The molecule has 0 heterocycles. The van der Waals surface area contributed by atoms with Gasteiger partial charge in [0.15, 0.2) is 11.5 Å². The highest BCUT2D eigenvalue weighted by molar-refractivity contribution is 6.44. The summed E-state index contributed by atoms with van der Waals surface area (Å²) in [7, 11) is 3.04. The summed E-state index contributed by atoms with van der Waals surface area (Å²) in [6.45, 7) is -0.00878. The standard InChI is InChI=1S/C16H14Cl3NO4/c1-22-14-5-3-4-9(15(14)23-2)8-24-16(21)20-13-7-11(18)10(17)6-12(13)19/h3-7H,8H2,1-2H3,(H,20,21). The molecule has 0 aromatic heterocycles. The quantitative estimate of drug-likeness (QED) is 0.693. The van der Waals surface area contributed by atoms with Crippen LogP contribution in [0.1, 0.15) is 5.56 Å². The van der Waals surface area contributed by atoms with Gasteiger partial charge in [0.05, 0.1) is 35.0 Å². The van der Waals surface area contributed by atoms with Crippen molar-refractivity contribution < 1.29 is 19.0 Å². The van der Waals surface area contributed by atoms with Crippen LogP contribution in [-0.4, -0.2) is 20.3 Å². The van der Waals surface area contributed by atoms with E-state index in [0.29, 0.717) is 27.8 Å². The molecule has 0 saturated carbocycles. The number of ether oxygens (including phenoxy) is 3. The van der Waals surface area contributed by atoms with E-state index >= 15 is 0 Å². The minimum atomic E-state index is -0.694. The zero-order valence-electron chi connectivity index (χ0n) is 12.9. The van der Waals surface area contributed by atoms with E-state index in [9.17, 15) is 4.79 Å². The first-order valence-electron chi connectivity index (χ1n) is 6.74. The first kappa shape index (κ1) is 18.5. The van der Waals surface area contributed by atoms with Gasteiger partial charge in [-0.05, 0) is 18.2 Å². The number of hydrogen-bond donors (Lipinski definition) is 1. The third kappa shape index (κ3) is 4.38. The number of methoxy groups -OCH3 is 2. The fraction of sp³-hybridized carbons (Fsp3) is 0.188. The van der Waals surface area contributed by atoms with Gasteiger partial charge in [0.2, 0.25) is 0 Å². The van der Waals surface area contributed by atoms with Gasteiger partial charge >= 0.3 is 6.09 Å². The summed E-state index contributed by atoms with van der Waals surface area (Å²) in [5, 5.41) is 3.32. The van der Waals surface area contributed by atoms with Gasteiger partial charge in [0, 0.05) is 5.56 Å². The molecule has 0 fully saturated rings. The molecular formula is C16H14Cl3NO4. The fourth-order valence-corrected chi connectivity index (χ4v) is 2.57. The van der Waals surface area contributed by atoms with Crippen LogP contribution in [0.4, 0.5) is 10.5 Å². The highest BCUT2D eigenvalue weighted by Gasteiger charge is 2.13. The maximum Gasteiger partial charge on any atom is 0.412 e. The SMILES string of the molecule is COc1cccc(COC(=O)Nc2cc(Cl)c(Cl)cc2Cl)c1OC. The average Bonchev–Trinajstić information content (AvgIpc) is 2.57. The van der Waals surface area contributed by atoms with Crippen molar-refractivity contribution in [2.45, 2.75) is 6.61 Å². The minimum absolute atomic E-state index is 0.00878. The predicted octanol–water partition coefficient (Wildman–Crippen LogP) is 5.41. The summed E-state index contributed by atoms with van der Waals surface area (Å²) >= 11 is 17.7. The van der Waals surface area contributed by atoms with E-state index in [1.54, 1.807) is 18.2 Å². The Bertz CT molecular complexity index is 752. The molecule has 0 atom stereocenters. The second-order valence-corrected chi connectivity index (χ2v) is 5.82. The van der Waals surface area contributed by atoms with Gasteiger partial charge in [-0.1, -0.05) is 46.9 Å². The molecule has 0 saturated heterocycles. The second kappa shape index (κ2) is 8.33. The number of rotatable bonds is 5. The summed E-state index contributed by atoms with van der Waals surface area (Å²) in [6, 6.07) is 8.16. The van der Waals surface area contributed by atoms with E-state index in [0.717, 1.165) is 0 Å². The van der Waals surface area contributed by atoms with Crippen molar-refractivity contribution in [2.75, 3.05) is 19.5 Å². The second-order valence-electron chi connectivity index (χ2n) is 4.60. The van der Waals surface area contributed by atoms with Crippen LogP contribution in [0.3, 0.4) is 0 Å². The van der Waals surface area contributed by atoms with Gasteiger partial charge in [-0.3, -0.25) is 5.32 Å². The maximum absolute atomic E-state index is 11.9. The van der Waals surface area contributed by atoms with Gasteiger partial charge in [-0.25, -0.2) is 4.79 Å². The minimum Gasteiger partial charge on any atom is -0.493 e. The Balaban J connectivity index is 2.05. The monoisotopic (exact) mass is 389 g/mol. The summed E-state index contributed by atoms with van der Waals surface area (Å²) in [5.41, 5.74) is 0.959. The average molecular weight is 391 g/mol. The lowest BCUT2D eigenvalue weighted by Crippen LogP contribution is -2.14. The molecule has 5 nitrogen and oxygen atoms in total. The Kier molecular flexibility index (Phi) is 6.43. The molecule has 1 N–H and O–H groups in total. The Morgan fingerprint density at radius 3 is 2.42 bits per heavy atom.